The van der Waals surface area contributed by atoms with E-state index in [4.69, 9.17) is 23.4 Å². The smallest absolute Gasteiger partial charge is 0.0628 e. The molecular weight excluding hydrogens is 839 g/mol. The first-order valence-electron chi connectivity index (χ1n) is 21.4. The zero-order chi connectivity index (χ0) is 42.7. The Kier molecular flexibility index (Phi) is 32.9. The number of hydrogen-bond donors (Lipinski definition) is 0. The van der Waals surface area contributed by atoms with Crippen molar-refractivity contribution in [3.8, 4) is 0 Å². The van der Waals surface area contributed by atoms with E-state index in [-0.39, 0.29) is 24.3 Å². The third-order valence-electron chi connectivity index (χ3n) is 8.68. The zero-order valence-corrected chi connectivity index (χ0v) is 39.0. The fourth-order valence-corrected chi connectivity index (χ4v) is 11.9. The molecule has 0 unspecified atom stereocenters. The second-order valence-electron chi connectivity index (χ2n) is 15.7. The van der Waals surface area contributed by atoms with E-state index in [9.17, 15) is 28.8 Å². The third-order valence-corrected chi connectivity index (χ3v) is 15.8. The average Bonchev–Trinajstić information content (AvgIpc) is 3.14. The Morgan fingerprint density at radius 2 is 0.667 bits per heavy atom. The van der Waals surface area contributed by atoms with Gasteiger partial charge in [0.25, 0.3) is 0 Å². The monoisotopic (exact) mass is 914 g/mol. The summed E-state index contributed by atoms with van der Waals surface area (Å²) in [5, 5.41) is 0. The molecule has 0 atom stereocenters. The number of ether oxygens (including phenoxy) is 3. The molecule has 13 heteroatoms. The van der Waals surface area contributed by atoms with Gasteiger partial charge in [-0.25, -0.2) is 0 Å². The van der Waals surface area contributed by atoms with E-state index in [1.54, 1.807) is 0 Å². The van der Waals surface area contributed by atoms with Crippen LogP contribution in [0.1, 0.15) is 164 Å². The van der Waals surface area contributed by atoms with Gasteiger partial charge in [-0.1, -0.05) is 41.5 Å². The Hall–Kier alpha value is -3.16. The van der Waals surface area contributed by atoms with Gasteiger partial charge in [-0.2, -0.15) is 0 Å². The number of unbranched alkanes of at least 4 members (excludes halogenated alkanes) is 11. The fraction of sp³-hybridized carbons (Fsp3) is 0.727. The minimum atomic E-state index is -5.58. The van der Waals surface area contributed by atoms with Gasteiger partial charge in [-0.05, 0) is 0 Å². The van der Waals surface area contributed by atoms with Crippen molar-refractivity contribution in [1.82, 2.24) is 0 Å². The first-order chi connectivity index (χ1) is 27.2. The molecule has 0 aromatic carbocycles. The molecule has 0 aliphatic rings. The molecule has 57 heavy (non-hydrogen) atoms. The van der Waals surface area contributed by atoms with Crippen LogP contribution < -0.4 is 0 Å². The quantitative estimate of drug-likeness (QED) is 0.0198. The normalized spacial score (nSPS) is 11.9. The molecule has 0 aliphatic carbocycles. The molecule has 0 fully saturated rings. The molecule has 12 nitrogen and oxygen atoms in total. The Bertz CT molecular complexity index is 1100. The van der Waals surface area contributed by atoms with Crippen LogP contribution in [0.2, 0.25) is 4.44 Å². The van der Waals surface area contributed by atoms with Crippen molar-refractivity contribution in [2.75, 3.05) is 19.8 Å². The summed E-state index contributed by atoms with van der Waals surface area (Å²) in [4.78, 5) is 76.4. The maximum absolute atomic E-state index is 13.1. The first kappa shape index (κ1) is 53.8. The van der Waals surface area contributed by atoms with Crippen molar-refractivity contribution < 1.29 is 52.2 Å². The van der Waals surface area contributed by atoms with Crippen molar-refractivity contribution >= 4 is 55.4 Å². The van der Waals surface area contributed by atoms with Crippen LogP contribution in [0.25, 0.3) is 0 Å². The summed E-state index contributed by atoms with van der Waals surface area (Å²) in [6, 6.07) is 0. The van der Waals surface area contributed by atoms with Gasteiger partial charge in [0.1, 0.15) is 0 Å². The van der Waals surface area contributed by atoms with Crippen LogP contribution in [0.3, 0.4) is 0 Å². The number of carbonyl (C=O) groups is 6. The second-order valence-corrected chi connectivity index (χ2v) is 22.8. The van der Waals surface area contributed by atoms with Crippen molar-refractivity contribution in [3.63, 3.8) is 0 Å². The van der Waals surface area contributed by atoms with Gasteiger partial charge in [0.05, 0.1) is 0 Å². The van der Waals surface area contributed by atoms with Gasteiger partial charge in [0.15, 0.2) is 0 Å². The number of rotatable bonds is 34. The predicted molar refractivity (Wildman–Crippen MR) is 222 cm³/mol. The van der Waals surface area contributed by atoms with Crippen LogP contribution in [0.15, 0.2) is 36.5 Å². The van der Waals surface area contributed by atoms with Crippen molar-refractivity contribution in [2.45, 2.75) is 168 Å². The molecule has 0 saturated carbocycles. The molecule has 0 N–H and O–H groups in total. The molecule has 0 bridgehead atoms. The minimum absolute atomic E-state index is 0.0674. The summed E-state index contributed by atoms with van der Waals surface area (Å²) in [6.07, 6.45) is 21.2. The molecular formula is C44H74O12Sn. The van der Waals surface area contributed by atoms with Crippen LogP contribution in [0.5, 0.6) is 0 Å². The molecule has 0 spiro atoms. The molecule has 0 aromatic heterocycles. The van der Waals surface area contributed by atoms with Crippen LogP contribution in [-0.2, 0) is 52.2 Å². The van der Waals surface area contributed by atoms with Crippen molar-refractivity contribution in [3.05, 3.63) is 36.5 Å². The van der Waals surface area contributed by atoms with Crippen molar-refractivity contribution in [1.29, 1.82) is 0 Å². The van der Waals surface area contributed by atoms with Crippen LogP contribution >= 0.6 is 0 Å². The molecule has 0 rings (SSSR count). The van der Waals surface area contributed by atoms with E-state index < -0.39 is 55.4 Å². The standard InChI is InChI=1S/3C12H20O4.C8H17.Sn/c3*1-10(2)6-4-3-5-9-16-12(15)8-7-11(13)14;1-3-5-7-8-6-4-2;/h3*7-8,10H,3-6,9H2,1-2H3,(H,13,14);1,3-8H2,2H3;/q;;;;+3/p-3/b3*8-7-;;. The molecule has 326 valence electrons. The summed E-state index contributed by atoms with van der Waals surface area (Å²) in [5.41, 5.74) is 0. The van der Waals surface area contributed by atoms with Gasteiger partial charge in [-0.3, -0.25) is 0 Å². The Balaban J connectivity index is 5.92. The van der Waals surface area contributed by atoms with Gasteiger partial charge < -0.3 is 0 Å². The molecule has 0 radical (unpaired) electrons. The van der Waals surface area contributed by atoms with E-state index in [0.29, 0.717) is 49.9 Å². The Labute approximate surface area is 348 Å². The summed E-state index contributed by atoms with van der Waals surface area (Å²) in [6.45, 7) is 15.5. The molecule has 0 amide bonds. The summed E-state index contributed by atoms with van der Waals surface area (Å²) in [5.74, 6) is -3.72. The fourth-order valence-electron chi connectivity index (χ4n) is 5.46. The Morgan fingerprint density at radius 1 is 0.386 bits per heavy atom. The third kappa shape index (κ3) is 34.6. The predicted octanol–water partition coefficient (Wildman–Crippen LogP) is 9.86. The number of hydrogen-bond acceptors (Lipinski definition) is 12. The molecule has 0 saturated heterocycles. The van der Waals surface area contributed by atoms with Crippen LogP contribution in [-0.4, -0.2) is 75.3 Å². The van der Waals surface area contributed by atoms with E-state index >= 15 is 0 Å². The average molecular weight is 914 g/mol. The number of esters is 3. The van der Waals surface area contributed by atoms with E-state index in [0.717, 1.165) is 120 Å². The molecule has 0 aromatic rings. The number of carbonyl (C=O) groups excluding carboxylic acids is 6. The minimum Gasteiger partial charge on any atom is -0.0628 e. The first-order valence-corrected chi connectivity index (χ1v) is 26.9. The van der Waals surface area contributed by atoms with Gasteiger partial charge in [0, 0.05) is 0 Å². The van der Waals surface area contributed by atoms with Gasteiger partial charge >= 0.3 is 309 Å². The van der Waals surface area contributed by atoms with Crippen LogP contribution in [0.4, 0.5) is 0 Å². The van der Waals surface area contributed by atoms with E-state index in [1.807, 2.05) is 0 Å². The summed E-state index contributed by atoms with van der Waals surface area (Å²) < 4.78 is 32.6. The maximum atomic E-state index is 13.1. The summed E-state index contributed by atoms with van der Waals surface area (Å²) >= 11 is -5.58. The van der Waals surface area contributed by atoms with Crippen LogP contribution in [0, 0.1) is 17.8 Å². The second kappa shape index (κ2) is 34.8. The van der Waals surface area contributed by atoms with Gasteiger partial charge in [-0.15, -0.1) is 0 Å². The van der Waals surface area contributed by atoms with E-state index in [2.05, 4.69) is 48.5 Å². The SMILES string of the molecule is CCCCCCC[CH2][Sn]([O]C(=O)/C=C\C(=O)OCCCCCC(C)C)([O]C(=O)/C=C\C(=O)OCCCCCC(C)C)[O]C(=O)/C=C\C(=O)OCCCCCC(C)C. The van der Waals surface area contributed by atoms with E-state index in [1.165, 1.54) is 0 Å². The molecule has 0 aliphatic heterocycles. The van der Waals surface area contributed by atoms with Crippen molar-refractivity contribution in [2.24, 2.45) is 17.8 Å². The Morgan fingerprint density at radius 3 is 0.982 bits per heavy atom. The van der Waals surface area contributed by atoms with Gasteiger partial charge in [0.2, 0.25) is 0 Å². The summed E-state index contributed by atoms with van der Waals surface area (Å²) in [7, 11) is 0. The topological polar surface area (TPSA) is 158 Å². The molecule has 0 heterocycles. The zero-order valence-electron chi connectivity index (χ0n) is 36.2.